The van der Waals surface area contributed by atoms with E-state index in [2.05, 4.69) is 11.7 Å². The second-order valence-corrected chi connectivity index (χ2v) is 3.07. The van der Waals surface area contributed by atoms with Gasteiger partial charge < -0.3 is 4.52 Å². The first-order valence-electron chi connectivity index (χ1n) is 4.47. The first-order valence-corrected chi connectivity index (χ1v) is 4.47. The van der Waals surface area contributed by atoms with Crippen LogP contribution in [0.15, 0.2) is 41.4 Å². The van der Waals surface area contributed by atoms with Gasteiger partial charge in [0.15, 0.2) is 0 Å². The lowest BCUT2D eigenvalue weighted by Gasteiger charge is -1.96. The van der Waals surface area contributed by atoms with Crippen molar-refractivity contribution in [1.82, 2.24) is 5.16 Å². The zero-order valence-electron chi connectivity index (χ0n) is 8.03. The van der Waals surface area contributed by atoms with E-state index in [0.29, 0.717) is 0 Å². The Morgan fingerprint density at radius 2 is 2.00 bits per heavy atom. The van der Waals surface area contributed by atoms with Gasteiger partial charge in [-0.15, -0.1) is 0 Å². The lowest BCUT2D eigenvalue weighted by Crippen LogP contribution is -1.80. The molecule has 0 N–H and O–H groups in total. The summed E-state index contributed by atoms with van der Waals surface area (Å²) in [5.41, 5.74) is 2.88. The first kappa shape index (κ1) is 8.75. The van der Waals surface area contributed by atoms with E-state index in [-0.39, 0.29) is 0 Å². The van der Waals surface area contributed by atoms with E-state index < -0.39 is 0 Å². The van der Waals surface area contributed by atoms with Crippen LogP contribution in [0.5, 0.6) is 0 Å². The van der Waals surface area contributed by atoms with E-state index in [0.717, 1.165) is 22.6 Å². The molecule has 2 heteroatoms. The molecular weight excluding hydrogens is 174 g/mol. The van der Waals surface area contributed by atoms with Crippen LogP contribution in [0, 0.1) is 6.92 Å². The highest BCUT2D eigenvalue weighted by Crippen LogP contribution is 2.25. The highest BCUT2D eigenvalue weighted by Gasteiger charge is 2.10. The van der Waals surface area contributed by atoms with Crippen LogP contribution in [0.1, 0.15) is 11.3 Å². The molecule has 0 atom stereocenters. The van der Waals surface area contributed by atoms with Crippen LogP contribution in [0.4, 0.5) is 0 Å². The number of benzene rings is 1. The minimum atomic E-state index is 0.804. The van der Waals surface area contributed by atoms with Crippen LogP contribution in [0.25, 0.3) is 17.3 Å². The number of nitrogens with zero attached hydrogens (tertiary/aromatic N) is 1. The van der Waals surface area contributed by atoms with E-state index in [1.165, 1.54) is 0 Å². The highest BCUT2D eigenvalue weighted by atomic mass is 16.5. The van der Waals surface area contributed by atoms with Gasteiger partial charge in [-0.2, -0.15) is 0 Å². The molecule has 1 aromatic heterocycles. The van der Waals surface area contributed by atoms with Crippen LogP contribution < -0.4 is 0 Å². The molecule has 0 fully saturated rings. The van der Waals surface area contributed by atoms with Crippen LogP contribution >= 0.6 is 0 Å². The summed E-state index contributed by atoms with van der Waals surface area (Å²) in [4.78, 5) is 0. The molecule has 0 aliphatic carbocycles. The van der Waals surface area contributed by atoms with Crippen molar-refractivity contribution in [3.63, 3.8) is 0 Å². The second-order valence-electron chi connectivity index (χ2n) is 3.07. The number of hydrogen-bond acceptors (Lipinski definition) is 2. The van der Waals surface area contributed by atoms with Gasteiger partial charge in [-0.25, -0.2) is 0 Å². The van der Waals surface area contributed by atoms with Gasteiger partial charge in [0.25, 0.3) is 0 Å². The van der Waals surface area contributed by atoms with E-state index in [1.807, 2.05) is 37.3 Å². The van der Waals surface area contributed by atoms with Crippen molar-refractivity contribution in [3.05, 3.63) is 48.2 Å². The molecule has 0 aliphatic rings. The zero-order chi connectivity index (χ0) is 9.97. The molecule has 0 saturated carbocycles. The lowest BCUT2D eigenvalue weighted by atomic mass is 10.1. The van der Waals surface area contributed by atoms with Crippen molar-refractivity contribution in [3.8, 4) is 11.3 Å². The summed E-state index contributed by atoms with van der Waals surface area (Å²) < 4.78 is 5.12. The number of hydrogen-bond donors (Lipinski definition) is 0. The number of aromatic nitrogens is 1. The molecule has 0 saturated heterocycles. The topological polar surface area (TPSA) is 26.0 Å². The van der Waals surface area contributed by atoms with E-state index in [4.69, 9.17) is 4.52 Å². The Morgan fingerprint density at radius 1 is 1.29 bits per heavy atom. The van der Waals surface area contributed by atoms with E-state index in [1.54, 1.807) is 6.08 Å². The van der Waals surface area contributed by atoms with Gasteiger partial charge in [0, 0.05) is 11.1 Å². The molecule has 0 bridgehead atoms. The maximum Gasteiger partial charge on any atom is 0.141 e. The fourth-order valence-corrected chi connectivity index (χ4v) is 1.42. The maximum absolute atomic E-state index is 5.12. The normalized spacial score (nSPS) is 10.1. The summed E-state index contributed by atoms with van der Waals surface area (Å²) >= 11 is 0. The standard InChI is InChI=1S/C12H11NO/c1-3-11-9(2)14-13-12(11)10-7-5-4-6-8-10/h3-8H,1H2,2H3. The third kappa shape index (κ3) is 1.35. The first-order chi connectivity index (χ1) is 6.83. The van der Waals surface area contributed by atoms with Gasteiger partial charge >= 0.3 is 0 Å². The smallest absolute Gasteiger partial charge is 0.141 e. The number of rotatable bonds is 2. The van der Waals surface area contributed by atoms with Gasteiger partial charge in [0.2, 0.25) is 0 Å². The summed E-state index contributed by atoms with van der Waals surface area (Å²) in [6.07, 6.45) is 1.77. The summed E-state index contributed by atoms with van der Waals surface area (Å²) in [6.45, 7) is 5.64. The van der Waals surface area contributed by atoms with E-state index in [9.17, 15) is 0 Å². The summed E-state index contributed by atoms with van der Waals surface area (Å²) in [6, 6.07) is 9.94. The Hall–Kier alpha value is -1.83. The molecule has 2 nitrogen and oxygen atoms in total. The average Bonchev–Trinajstić information content (AvgIpc) is 2.61. The Morgan fingerprint density at radius 3 is 2.64 bits per heavy atom. The molecule has 1 heterocycles. The Bertz CT molecular complexity index is 443. The summed E-state index contributed by atoms with van der Waals surface area (Å²) in [5, 5.41) is 4.01. The molecule has 2 aromatic rings. The van der Waals surface area contributed by atoms with Crippen molar-refractivity contribution < 1.29 is 4.52 Å². The van der Waals surface area contributed by atoms with Crippen molar-refractivity contribution >= 4 is 6.08 Å². The van der Waals surface area contributed by atoms with Crippen molar-refractivity contribution in [1.29, 1.82) is 0 Å². The fourth-order valence-electron chi connectivity index (χ4n) is 1.42. The van der Waals surface area contributed by atoms with Gasteiger partial charge in [-0.3, -0.25) is 0 Å². The van der Waals surface area contributed by atoms with Crippen LogP contribution in [0.2, 0.25) is 0 Å². The van der Waals surface area contributed by atoms with Crippen LogP contribution in [-0.4, -0.2) is 5.16 Å². The monoisotopic (exact) mass is 185 g/mol. The second kappa shape index (κ2) is 3.50. The Kier molecular flexibility index (Phi) is 2.19. The van der Waals surface area contributed by atoms with Gasteiger partial charge in [0.05, 0.1) is 0 Å². The maximum atomic E-state index is 5.12. The van der Waals surface area contributed by atoms with Crippen molar-refractivity contribution in [2.24, 2.45) is 0 Å². The van der Waals surface area contributed by atoms with Gasteiger partial charge in [0.1, 0.15) is 11.5 Å². The minimum absolute atomic E-state index is 0.804. The molecule has 2 rings (SSSR count). The van der Waals surface area contributed by atoms with E-state index >= 15 is 0 Å². The Balaban J connectivity index is 2.57. The minimum Gasteiger partial charge on any atom is -0.360 e. The molecule has 14 heavy (non-hydrogen) atoms. The predicted molar refractivity (Wildman–Crippen MR) is 56.8 cm³/mol. The quantitative estimate of drug-likeness (QED) is 0.717. The van der Waals surface area contributed by atoms with Crippen LogP contribution in [0.3, 0.4) is 0 Å². The van der Waals surface area contributed by atoms with Crippen molar-refractivity contribution in [2.45, 2.75) is 6.92 Å². The number of aryl methyl sites for hydroxylation is 1. The lowest BCUT2D eigenvalue weighted by molar-refractivity contribution is 0.399. The molecular formula is C12H11NO. The molecule has 0 amide bonds. The zero-order valence-corrected chi connectivity index (χ0v) is 8.03. The molecule has 0 spiro atoms. The predicted octanol–water partition coefficient (Wildman–Crippen LogP) is 3.29. The van der Waals surface area contributed by atoms with Gasteiger partial charge in [-0.05, 0) is 6.92 Å². The fraction of sp³-hybridized carbons (Fsp3) is 0.0833. The molecule has 1 aromatic carbocycles. The SMILES string of the molecule is C=Cc1c(-c2ccccc2)noc1C. The molecule has 70 valence electrons. The molecule has 0 radical (unpaired) electrons. The summed E-state index contributed by atoms with van der Waals surface area (Å²) in [7, 11) is 0. The van der Waals surface area contributed by atoms with Crippen LogP contribution in [-0.2, 0) is 0 Å². The highest BCUT2D eigenvalue weighted by molar-refractivity contribution is 5.71. The molecule has 0 unspecified atom stereocenters. The van der Waals surface area contributed by atoms with Crippen molar-refractivity contribution in [2.75, 3.05) is 0 Å². The third-order valence-corrected chi connectivity index (χ3v) is 2.16. The van der Waals surface area contributed by atoms with Gasteiger partial charge in [-0.1, -0.05) is 48.1 Å². The summed E-state index contributed by atoms with van der Waals surface area (Å²) in [5.74, 6) is 0.804. The average molecular weight is 185 g/mol. The third-order valence-electron chi connectivity index (χ3n) is 2.16. The molecule has 0 aliphatic heterocycles. The Labute approximate surface area is 82.9 Å². The largest absolute Gasteiger partial charge is 0.360 e.